The molecule has 0 radical (unpaired) electrons. The highest BCUT2D eigenvalue weighted by Gasteiger charge is 2.28. The molecular formula is C13H24N2O5. The quantitative estimate of drug-likeness (QED) is 0.652. The first-order valence-corrected chi connectivity index (χ1v) is 6.96. The van der Waals surface area contributed by atoms with Crippen molar-refractivity contribution in [3.05, 3.63) is 0 Å². The molecule has 1 atom stereocenters. The van der Waals surface area contributed by atoms with Gasteiger partial charge in [-0.15, -0.1) is 0 Å². The summed E-state index contributed by atoms with van der Waals surface area (Å²) >= 11 is 0. The second kappa shape index (κ2) is 8.06. The molecule has 1 aliphatic heterocycles. The lowest BCUT2D eigenvalue weighted by Gasteiger charge is -2.33. The molecule has 1 saturated heterocycles. The molecule has 20 heavy (non-hydrogen) atoms. The Morgan fingerprint density at radius 2 is 1.95 bits per heavy atom. The van der Waals surface area contributed by atoms with Crippen LogP contribution in [0.1, 0.15) is 26.7 Å². The van der Waals surface area contributed by atoms with E-state index in [1.54, 1.807) is 18.7 Å². The zero-order valence-electron chi connectivity index (χ0n) is 12.0. The number of carbonyl (C=O) groups excluding carboxylic acids is 1. The van der Waals surface area contributed by atoms with E-state index in [-0.39, 0.29) is 24.7 Å². The summed E-state index contributed by atoms with van der Waals surface area (Å²) in [6, 6.07) is -1.21. The van der Waals surface area contributed by atoms with Crippen LogP contribution >= 0.6 is 0 Å². The van der Waals surface area contributed by atoms with Crippen LogP contribution in [0.2, 0.25) is 0 Å². The van der Waals surface area contributed by atoms with Crippen molar-refractivity contribution in [3.63, 3.8) is 0 Å². The van der Waals surface area contributed by atoms with Crippen molar-refractivity contribution < 1.29 is 24.5 Å². The van der Waals surface area contributed by atoms with E-state index < -0.39 is 12.0 Å². The van der Waals surface area contributed by atoms with Gasteiger partial charge in [0.15, 0.2) is 0 Å². The third-order valence-corrected chi connectivity index (χ3v) is 3.39. The lowest BCUT2D eigenvalue weighted by molar-refractivity contribution is -0.140. The van der Waals surface area contributed by atoms with Gasteiger partial charge in [0.1, 0.15) is 6.04 Å². The number of piperidine rings is 1. The summed E-state index contributed by atoms with van der Waals surface area (Å²) in [5.41, 5.74) is 0. The third-order valence-electron chi connectivity index (χ3n) is 3.39. The molecule has 7 nitrogen and oxygen atoms in total. The molecule has 1 unspecified atom stereocenters. The maximum absolute atomic E-state index is 12.0. The first kappa shape index (κ1) is 16.7. The van der Waals surface area contributed by atoms with Crippen LogP contribution in [0.5, 0.6) is 0 Å². The number of rotatable bonds is 6. The number of ether oxygens (including phenoxy) is 1. The number of carboxylic acid groups (broad SMARTS) is 1. The minimum absolute atomic E-state index is 0.00458. The smallest absolute Gasteiger partial charge is 0.326 e. The summed E-state index contributed by atoms with van der Waals surface area (Å²) in [7, 11) is 0. The Labute approximate surface area is 118 Å². The van der Waals surface area contributed by atoms with E-state index in [0.29, 0.717) is 32.5 Å². The van der Waals surface area contributed by atoms with Gasteiger partial charge in [-0.05, 0) is 18.8 Å². The number of likely N-dealkylation sites (tertiary alicyclic amines) is 1. The molecular weight excluding hydrogens is 264 g/mol. The van der Waals surface area contributed by atoms with Crippen LogP contribution in [0.4, 0.5) is 4.79 Å². The van der Waals surface area contributed by atoms with Gasteiger partial charge in [0.25, 0.3) is 0 Å². The summed E-state index contributed by atoms with van der Waals surface area (Å²) < 4.78 is 5.42. The molecule has 1 rings (SSSR count). The molecule has 0 aliphatic carbocycles. The van der Waals surface area contributed by atoms with Gasteiger partial charge in [0.05, 0.1) is 19.3 Å². The number of hydrogen-bond donors (Lipinski definition) is 3. The lowest BCUT2D eigenvalue weighted by atomic mass is 10.0. The highest BCUT2D eigenvalue weighted by Crippen LogP contribution is 2.14. The van der Waals surface area contributed by atoms with Gasteiger partial charge < -0.3 is 25.2 Å². The van der Waals surface area contributed by atoms with Crippen molar-refractivity contribution in [1.82, 2.24) is 10.2 Å². The van der Waals surface area contributed by atoms with Crippen LogP contribution < -0.4 is 5.32 Å². The summed E-state index contributed by atoms with van der Waals surface area (Å²) in [6.45, 7) is 4.89. The van der Waals surface area contributed by atoms with Crippen molar-refractivity contribution in [3.8, 4) is 0 Å². The fraction of sp³-hybridized carbons (Fsp3) is 0.846. The molecule has 116 valence electrons. The number of nitrogens with one attached hydrogen (secondary N) is 1. The average molecular weight is 288 g/mol. The highest BCUT2D eigenvalue weighted by molar-refractivity contribution is 5.82. The van der Waals surface area contributed by atoms with E-state index in [1.807, 2.05) is 0 Å². The molecule has 0 aromatic heterocycles. The van der Waals surface area contributed by atoms with Gasteiger partial charge in [-0.3, -0.25) is 0 Å². The number of urea groups is 1. The molecule has 1 aliphatic rings. The topological polar surface area (TPSA) is 99.1 Å². The predicted octanol–water partition coefficient (Wildman–Crippen LogP) is 0.279. The monoisotopic (exact) mass is 288 g/mol. The summed E-state index contributed by atoms with van der Waals surface area (Å²) in [5.74, 6) is -1.18. The van der Waals surface area contributed by atoms with E-state index in [9.17, 15) is 9.59 Å². The molecule has 1 fully saturated rings. The number of aliphatic hydroxyl groups excluding tert-OH is 1. The van der Waals surface area contributed by atoms with Crippen molar-refractivity contribution >= 4 is 12.0 Å². The first-order valence-electron chi connectivity index (χ1n) is 6.96. The third kappa shape index (κ3) is 4.97. The van der Waals surface area contributed by atoms with Crippen molar-refractivity contribution in [2.24, 2.45) is 5.92 Å². The molecule has 3 N–H and O–H groups in total. The van der Waals surface area contributed by atoms with E-state index in [1.165, 1.54) is 0 Å². The van der Waals surface area contributed by atoms with E-state index in [0.717, 1.165) is 0 Å². The van der Waals surface area contributed by atoms with Crippen molar-refractivity contribution in [2.75, 3.05) is 26.3 Å². The largest absolute Gasteiger partial charge is 0.480 e. The van der Waals surface area contributed by atoms with Gasteiger partial charge in [0, 0.05) is 13.1 Å². The SMILES string of the molecule is CC(C)C(NC(=O)N1CCC(OCCO)CC1)C(=O)O. The Kier molecular flexibility index (Phi) is 6.74. The first-order chi connectivity index (χ1) is 9.45. The Morgan fingerprint density at radius 1 is 1.35 bits per heavy atom. The highest BCUT2D eigenvalue weighted by atomic mass is 16.5. The molecule has 0 aromatic rings. The number of carboxylic acids is 1. The van der Waals surface area contributed by atoms with Gasteiger partial charge >= 0.3 is 12.0 Å². The molecule has 0 spiro atoms. The number of hydrogen-bond acceptors (Lipinski definition) is 4. The van der Waals surface area contributed by atoms with Gasteiger partial charge in [0.2, 0.25) is 0 Å². The van der Waals surface area contributed by atoms with Crippen molar-refractivity contribution in [2.45, 2.75) is 38.8 Å². The maximum Gasteiger partial charge on any atom is 0.326 e. The Hall–Kier alpha value is -1.34. The molecule has 0 saturated carbocycles. The Balaban J connectivity index is 2.40. The van der Waals surface area contributed by atoms with Crippen LogP contribution in [0.15, 0.2) is 0 Å². The Bertz CT molecular complexity index is 327. The molecule has 1 heterocycles. The minimum atomic E-state index is -1.02. The standard InChI is InChI=1S/C13H24N2O5/c1-9(2)11(12(17)18)14-13(19)15-5-3-10(4-6-15)20-8-7-16/h9-11,16H,3-8H2,1-2H3,(H,14,19)(H,17,18). The summed E-state index contributed by atoms with van der Waals surface area (Å²) in [5, 5.41) is 20.3. The Morgan fingerprint density at radius 3 is 2.40 bits per heavy atom. The van der Waals surface area contributed by atoms with E-state index in [2.05, 4.69) is 5.32 Å². The molecule has 7 heteroatoms. The molecule has 2 amide bonds. The van der Waals surface area contributed by atoms with Crippen molar-refractivity contribution in [1.29, 1.82) is 0 Å². The lowest BCUT2D eigenvalue weighted by Crippen LogP contribution is -2.52. The second-order valence-corrected chi connectivity index (χ2v) is 5.29. The second-order valence-electron chi connectivity index (χ2n) is 5.29. The van der Waals surface area contributed by atoms with Crippen LogP contribution in [-0.4, -0.2) is 65.6 Å². The van der Waals surface area contributed by atoms with E-state index in [4.69, 9.17) is 14.9 Å². The van der Waals surface area contributed by atoms with Crippen LogP contribution in [0.25, 0.3) is 0 Å². The zero-order chi connectivity index (χ0) is 15.1. The van der Waals surface area contributed by atoms with Gasteiger partial charge in [-0.1, -0.05) is 13.8 Å². The fourth-order valence-corrected chi connectivity index (χ4v) is 2.18. The summed E-state index contributed by atoms with van der Waals surface area (Å²) in [6.07, 6.45) is 1.46. The number of aliphatic hydroxyl groups is 1. The van der Waals surface area contributed by atoms with Gasteiger partial charge in [-0.2, -0.15) is 0 Å². The predicted molar refractivity (Wildman–Crippen MR) is 72.4 cm³/mol. The van der Waals surface area contributed by atoms with Gasteiger partial charge in [-0.25, -0.2) is 9.59 Å². The molecule has 0 aromatic carbocycles. The average Bonchev–Trinajstić information content (AvgIpc) is 2.42. The van der Waals surface area contributed by atoms with E-state index >= 15 is 0 Å². The zero-order valence-corrected chi connectivity index (χ0v) is 12.0. The molecule has 0 bridgehead atoms. The van der Waals surface area contributed by atoms with Crippen LogP contribution in [0.3, 0.4) is 0 Å². The number of nitrogens with zero attached hydrogens (tertiary/aromatic N) is 1. The fourth-order valence-electron chi connectivity index (χ4n) is 2.18. The normalized spacial score (nSPS) is 18.1. The number of carbonyl (C=O) groups is 2. The summed E-state index contributed by atoms with van der Waals surface area (Å²) in [4.78, 5) is 24.7. The van der Waals surface area contributed by atoms with Crippen LogP contribution in [0, 0.1) is 5.92 Å². The van der Waals surface area contributed by atoms with Crippen LogP contribution in [-0.2, 0) is 9.53 Å². The minimum Gasteiger partial charge on any atom is -0.480 e. The number of aliphatic carboxylic acids is 1. The number of amides is 2. The maximum atomic E-state index is 12.0.